The zero-order valence-corrected chi connectivity index (χ0v) is 10.9. The zero-order chi connectivity index (χ0) is 13.7. The average molecular weight is 254 g/mol. The van der Waals surface area contributed by atoms with Gasteiger partial charge in [-0.15, -0.1) is 0 Å². The zero-order valence-electron chi connectivity index (χ0n) is 10.9. The van der Waals surface area contributed by atoms with Gasteiger partial charge in [0.25, 0.3) is 0 Å². The van der Waals surface area contributed by atoms with Gasteiger partial charge >= 0.3 is 6.03 Å². The minimum atomic E-state index is -0.294. The first-order valence-electron chi connectivity index (χ1n) is 5.82. The molecule has 1 atom stereocenters. The molecule has 18 heavy (non-hydrogen) atoms. The van der Waals surface area contributed by atoms with Crippen molar-refractivity contribution >= 4 is 6.03 Å². The van der Waals surface area contributed by atoms with E-state index in [1.54, 1.807) is 33.0 Å². The lowest BCUT2D eigenvalue weighted by Gasteiger charge is -2.23. The first kappa shape index (κ1) is 14.4. The minimum Gasteiger partial charge on any atom is -0.394 e. The van der Waals surface area contributed by atoms with E-state index in [0.717, 1.165) is 0 Å². The molecule has 0 bridgehead atoms. The number of urea groups is 1. The maximum absolute atomic E-state index is 13.3. The van der Waals surface area contributed by atoms with Crippen LogP contribution in [0, 0.1) is 12.7 Å². The van der Waals surface area contributed by atoms with Crippen molar-refractivity contribution in [3.05, 3.63) is 35.1 Å². The number of aliphatic hydroxyl groups is 1. The van der Waals surface area contributed by atoms with E-state index in [9.17, 15) is 9.18 Å². The highest BCUT2D eigenvalue weighted by molar-refractivity contribution is 5.74. The minimum absolute atomic E-state index is 0.0942. The molecule has 2 amide bonds. The van der Waals surface area contributed by atoms with E-state index < -0.39 is 0 Å². The highest BCUT2D eigenvalue weighted by atomic mass is 19.1. The predicted octanol–water partition coefficient (Wildman–Crippen LogP) is 1.66. The Labute approximate surface area is 106 Å². The first-order chi connectivity index (χ1) is 8.45. The number of carbonyl (C=O) groups excluding carboxylic acids is 1. The molecule has 0 aliphatic rings. The summed E-state index contributed by atoms with van der Waals surface area (Å²) in [7, 11) is 1.60. The molecule has 0 unspecified atom stereocenters. The van der Waals surface area contributed by atoms with E-state index in [1.807, 2.05) is 0 Å². The van der Waals surface area contributed by atoms with Crippen molar-refractivity contribution in [3.63, 3.8) is 0 Å². The number of aryl methyl sites for hydroxylation is 1. The maximum atomic E-state index is 13.3. The third kappa shape index (κ3) is 3.70. The monoisotopic (exact) mass is 254 g/mol. The second-order valence-corrected chi connectivity index (χ2v) is 4.38. The Kier molecular flexibility index (Phi) is 5.09. The molecule has 1 aromatic rings. The van der Waals surface area contributed by atoms with Gasteiger partial charge in [-0.3, -0.25) is 0 Å². The Morgan fingerprint density at radius 3 is 2.78 bits per heavy atom. The molecule has 0 aromatic heterocycles. The predicted molar refractivity (Wildman–Crippen MR) is 67.7 cm³/mol. The molecule has 0 fully saturated rings. The van der Waals surface area contributed by atoms with Crippen LogP contribution in [0.25, 0.3) is 0 Å². The van der Waals surface area contributed by atoms with Gasteiger partial charge in [0.05, 0.1) is 12.6 Å². The lowest BCUT2D eigenvalue weighted by atomic mass is 10.1. The van der Waals surface area contributed by atoms with Gasteiger partial charge in [-0.1, -0.05) is 12.1 Å². The van der Waals surface area contributed by atoms with Crippen LogP contribution in [0.1, 0.15) is 18.1 Å². The number of aliphatic hydroxyl groups excluding tert-OH is 1. The van der Waals surface area contributed by atoms with E-state index >= 15 is 0 Å². The van der Waals surface area contributed by atoms with Gasteiger partial charge in [-0.25, -0.2) is 9.18 Å². The van der Waals surface area contributed by atoms with Crippen LogP contribution in [-0.2, 0) is 6.54 Å². The van der Waals surface area contributed by atoms with Gasteiger partial charge in [0.15, 0.2) is 0 Å². The highest BCUT2D eigenvalue weighted by Crippen LogP contribution is 2.09. The number of hydrogen-bond donors (Lipinski definition) is 2. The molecule has 0 aliphatic carbocycles. The fourth-order valence-corrected chi connectivity index (χ4v) is 1.37. The molecule has 1 aromatic carbocycles. The second kappa shape index (κ2) is 6.35. The van der Waals surface area contributed by atoms with Crippen LogP contribution in [0.4, 0.5) is 9.18 Å². The number of likely N-dealkylation sites (N-methyl/N-ethyl adjacent to an activating group) is 1. The SMILES string of the molecule is Cc1ccc(CNC(=O)N(C)[C@@H](C)CO)cc1F. The fraction of sp³-hybridized carbons (Fsp3) is 0.462. The van der Waals surface area contributed by atoms with Crippen LogP contribution in [0.15, 0.2) is 18.2 Å². The van der Waals surface area contributed by atoms with Crippen LogP contribution in [0.5, 0.6) is 0 Å². The Bertz CT molecular complexity index is 423. The number of halogens is 1. The van der Waals surface area contributed by atoms with Gasteiger partial charge in [0, 0.05) is 13.6 Å². The smallest absolute Gasteiger partial charge is 0.317 e. The molecule has 1 rings (SSSR count). The van der Waals surface area contributed by atoms with Crippen molar-refractivity contribution in [1.29, 1.82) is 0 Å². The Morgan fingerprint density at radius 2 is 2.22 bits per heavy atom. The maximum Gasteiger partial charge on any atom is 0.317 e. The summed E-state index contributed by atoms with van der Waals surface area (Å²) in [6, 6.07) is 4.31. The average Bonchev–Trinajstić information content (AvgIpc) is 2.37. The molecular formula is C13H19FN2O2. The van der Waals surface area contributed by atoms with Gasteiger partial charge in [0.1, 0.15) is 5.82 Å². The normalized spacial score (nSPS) is 12.1. The van der Waals surface area contributed by atoms with Crippen LogP contribution in [0.2, 0.25) is 0 Å². The summed E-state index contributed by atoms with van der Waals surface area (Å²) >= 11 is 0. The first-order valence-corrected chi connectivity index (χ1v) is 5.82. The van der Waals surface area contributed by atoms with Crippen LogP contribution in [-0.4, -0.2) is 35.7 Å². The molecule has 0 radical (unpaired) electrons. The Morgan fingerprint density at radius 1 is 1.56 bits per heavy atom. The number of benzene rings is 1. The molecule has 2 N–H and O–H groups in total. The van der Waals surface area contributed by atoms with E-state index in [-0.39, 0.29) is 31.0 Å². The van der Waals surface area contributed by atoms with Crippen molar-refractivity contribution in [3.8, 4) is 0 Å². The quantitative estimate of drug-likeness (QED) is 0.858. The van der Waals surface area contributed by atoms with E-state index in [2.05, 4.69) is 5.32 Å². The van der Waals surface area contributed by atoms with E-state index in [4.69, 9.17) is 5.11 Å². The van der Waals surface area contributed by atoms with Gasteiger partial charge in [-0.05, 0) is 31.0 Å². The van der Waals surface area contributed by atoms with Gasteiger partial charge in [-0.2, -0.15) is 0 Å². The molecule has 0 saturated heterocycles. The highest BCUT2D eigenvalue weighted by Gasteiger charge is 2.14. The largest absolute Gasteiger partial charge is 0.394 e. The number of hydrogen-bond acceptors (Lipinski definition) is 2. The molecule has 4 nitrogen and oxygen atoms in total. The molecule has 100 valence electrons. The van der Waals surface area contributed by atoms with Crippen molar-refractivity contribution < 1.29 is 14.3 Å². The van der Waals surface area contributed by atoms with Crippen molar-refractivity contribution in [2.45, 2.75) is 26.4 Å². The molecule has 0 saturated carbocycles. The molecule has 0 spiro atoms. The number of nitrogens with one attached hydrogen (secondary N) is 1. The van der Waals surface area contributed by atoms with Crippen molar-refractivity contribution in [1.82, 2.24) is 10.2 Å². The van der Waals surface area contributed by atoms with E-state index in [0.29, 0.717) is 11.1 Å². The van der Waals surface area contributed by atoms with Crippen molar-refractivity contribution in [2.75, 3.05) is 13.7 Å². The summed E-state index contributed by atoms with van der Waals surface area (Å²) in [6.07, 6.45) is 0. The lowest BCUT2D eigenvalue weighted by Crippen LogP contribution is -2.43. The summed E-state index contributed by atoms with van der Waals surface area (Å²) in [4.78, 5) is 13.1. The summed E-state index contributed by atoms with van der Waals surface area (Å²) in [5, 5.41) is 11.6. The second-order valence-electron chi connectivity index (χ2n) is 4.38. The van der Waals surface area contributed by atoms with Gasteiger partial charge in [0.2, 0.25) is 0 Å². The van der Waals surface area contributed by atoms with Crippen LogP contribution < -0.4 is 5.32 Å². The fourth-order valence-electron chi connectivity index (χ4n) is 1.37. The summed E-state index contributed by atoms with van der Waals surface area (Å²) < 4.78 is 13.3. The summed E-state index contributed by atoms with van der Waals surface area (Å²) in [5.41, 5.74) is 1.28. The standard InChI is InChI=1S/C13H19FN2O2/c1-9-4-5-11(6-12(9)14)7-15-13(18)16(3)10(2)8-17/h4-6,10,17H,7-8H2,1-3H3,(H,15,18)/t10-/m0/s1. The molecule has 5 heteroatoms. The lowest BCUT2D eigenvalue weighted by molar-refractivity contribution is 0.157. The molecular weight excluding hydrogens is 235 g/mol. The number of carbonyl (C=O) groups is 1. The number of nitrogens with zero attached hydrogens (tertiary/aromatic N) is 1. The van der Waals surface area contributed by atoms with E-state index in [1.165, 1.54) is 11.0 Å². The van der Waals surface area contributed by atoms with Crippen molar-refractivity contribution in [2.24, 2.45) is 0 Å². The van der Waals surface area contributed by atoms with Gasteiger partial charge < -0.3 is 15.3 Å². The van der Waals surface area contributed by atoms with Crippen LogP contribution >= 0.6 is 0 Å². The number of rotatable bonds is 4. The third-order valence-corrected chi connectivity index (χ3v) is 2.93. The number of amides is 2. The topological polar surface area (TPSA) is 52.6 Å². The summed E-state index contributed by atoms with van der Waals surface area (Å²) in [6.45, 7) is 3.60. The summed E-state index contributed by atoms with van der Waals surface area (Å²) in [5.74, 6) is -0.279. The molecule has 0 aliphatic heterocycles. The third-order valence-electron chi connectivity index (χ3n) is 2.93. The Hall–Kier alpha value is -1.62. The Balaban J connectivity index is 2.54. The van der Waals surface area contributed by atoms with Crippen LogP contribution in [0.3, 0.4) is 0 Å². The molecule has 0 heterocycles.